The van der Waals surface area contributed by atoms with Crippen LogP contribution in [0.2, 0.25) is 0 Å². The summed E-state index contributed by atoms with van der Waals surface area (Å²) >= 11 is 0. The maximum atomic E-state index is 11.7. The standard InChI is InChI=1S/C20H33N3O2/c1-21-19(23-5-3-17(4-6-23)18(24)25-2)22-13-20-10-14-7-15(11-20)9-16(8-14)12-20/h14-17H,3-13H2,1-2H3,(H,21,22). The Hall–Kier alpha value is -1.26. The van der Waals surface area contributed by atoms with Gasteiger partial charge < -0.3 is 15.0 Å². The predicted molar refractivity (Wildman–Crippen MR) is 98.3 cm³/mol. The summed E-state index contributed by atoms with van der Waals surface area (Å²) in [6.07, 6.45) is 10.5. The van der Waals surface area contributed by atoms with E-state index in [1.165, 1.54) is 45.6 Å². The van der Waals surface area contributed by atoms with E-state index in [1.807, 2.05) is 7.05 Å². The Bertz CT molecular complexity index is 502. The molecule has 5 nitrogen and oxygen atoms in total. The molecule has 140 valence electrons. The lowest BCUT2D eigenvalue weighted by Gasteiger charge is -2.57. The van der Waals surface area contributed by atoms with Crippen LogP contribution in [-0.2, 0) is 9.53 Å². The third-order valence-corrected chi connectivity index (χ3v) is 7.33. The lowest BCUT2D eigenvalue weighted by molar-refractivity contribution is -0.146. The van der Waals surface area contributed by atoms with Crippen LogP contribution in [0.25, 0.3) is 0 Å². The molecule has 5 rings (SSSR count). The van der Waals surface area contributed by atoms with E-state index >= 15 is 0 Å². The Morgan fingerprint density at radius 3 is 2.16 bits per heavy atom. The lowest BCUT2D eigenvalue weighted by Crippen LogP contribution is -2.54. The average Bonchev–Trinajstić information content (AvgIpc) is 2.61. The van der Waals surface area contributed by atoms with Crippen LogP contribution >= 0.6 is 0 Å². The topological polar surface area (TPSA) is 53.9 Å². The van der Waals surface area contributed by atoms with Gasteiger partial charge in [0.05, 0.1) is 13.0 Å². The van der Waals surface area contributed by atoms with E-state index in [0.29, 0.717) is 5.41 Å². The van der Waals surface area contributed by atoms with E-state index in [4.69, 9.17) is 4.74 Å². The number of hydrogen-bond acceptors (Lipinski definition) is 3. The van der Waals surface area contributed by atoms with E-state index < -0.39 is 0 Å². The van der Waals surface area contributed by atoms with Crippen LogP contribution in [0.5, 0.6) is 0 Å². The van der Waals surface area contributed by atoms with Gasteiger partial charge in [-0.3, -0.25) is 9.79 Å². The van der Waals surface area contributed by atoms with Crippen molar-refractivity contribution in [3.05, 3.63) is 0 Å². The summed E-state index contributed by atoms with van der Waals surface area (Å²) in [4.78, 5) is 18.6. The number of nitrogens with one attached hydrogen (secondary N) is 1. The summed E-state index contributed by atoms with van der Waals surface area (Å²) < 4.78 is 4.89. The lowest BCUT2D eigenvalue weighted by atomic mass is 9.49. The molecule has 0 aromatic heterocycles. The molecule has 0 aromatic rings. The van der Waals surface area contributed by atoms with Gasteiger partial charge in [-0.05, 0) is 74.5 Å². The SMILES string of the molecule is CN=C(NCC12CC3CC(CC(C3)C1)C2)N1CCC(C(=O)OC)CC1. The summed E-state index contributed by atoms with van der Waals surface area (Å²) in [5.41, 5.74) is 0.523. The van der Waals surface area contributed by atoms with Crippen LogP contribution in [0.15, 0.2) is 4.99 Å². The second kappa shape index (κ2) is 6.81. The summed E-state index contributed by atoms with van der Waals surface area (Å²) in [5.74, 6) is 4.00. The fourth-order valence-corrected chi connectivity index (χ4v) is 6.60. The van der Waals surface area contributed by atoms with E-state index in [-0.39, 0.29) is 11.9 Å². The third kappa shape index (κ3) is 3.39. The van der Waals surface area contributed by atoms with Crippen LogP contribution in [0.4, 0.5) is 0 Å². The highest BCUT2D eigenvalue weighted by Gasteiger charge is 2.50. The van der Waals surface area contributed by atoms with Gasteiger partial charge in [-0.15, -0.1) is 0 Å². The molecule has 1 aliphatic heterocycles. The maximum Gasteiger partial charge on any atom is 0.308 e. The van der Waals surface area contributed by atoms with Crippen LogP contribution in [0, 0.1) is 29.1 Å². The number of piperidine rings is 1. The molecule has 25 heavy (non-hydrogen) atoms. The van der Waals surface area contributed by atoms with Gasteiger partial charge in [-0.25, -0.2) is 0 Å². The molecule has 4 bridgehead atoms. The molecule has 4 saturated carbocycles. The second-order valence-electron chi connectivity index (χ2n) is 9.10. The number of carbonyl (C=O) groups is 1. The smallest absolute Gasteiger partial charge is 0.308 e. The molecule has 5 aliphatic rings. The highest BCUT2D eigenvalue weighted by atomic mass is 16.5. The first-order valence-corrected chi connectivity index (χ1v) is 10.1. The predicted octanol–water partition coefficient (Wildman–Crippen LogP) is 2.66. The molecular formula is C20H33N3O2. The summed E-state index contributed by atoms with van der Waals surface area (Å²) in [5, 5.41) is 3.71. The largest absolute Gasteiger partial charge is 0.469 e. The monoisotopic (exact) mass is 347 g/mol. The normalized spacial score (nSPS) is 38.1. The van der Waals surface area contributed by atoms with Crippen molar-refractivity contribution in [2.24, 2.45) is 34.1 Å². The molecule has 5 heteroatoms. The Morgan fingerprint density at radius 1 is 1.12 bits per heavy atom. The van der Waals surface area contributed by atoms with Gasteiger partial charge in [0.1, 0.15) is 0 Å². The number of methoxy groups -OCH3 is 1. The number of hydrogen-bond donors (Lipinski definition) is 1. The van der Waals surface area contributed by atoms with Gasteiger partial charge in [-0.1, -0.05) is 0 Å². The average molecular weight is 348 g/mol. The summed E-state index contributed by atoms with van der Waals surface area (Å²) in [7, 11) is 3.37. The Balaban J connectivity index is 1.32. The maximum absolute atomic E-state index is 11.7. The van der Waals surface area contributed by atoms with Crippen molar-refractivity contribution in [3.63, 3.8) is 0 Å². The minimum absolute atomic E-state index is 0.0579. The van der Waals surface area contributed by atoms with Crippen molar-refractivity contribution < 1.29 is 9.53 Å². The number of ether oxygens (including phenoxy) is 1. The molecule has 1 N–H and O–H groups in total. The number of likely N-dealkylation sites (tertiary alicyclic amines) is 1. The highest BCUT2D eigenvalue weighted by molar-refractivity contribution is 5.80. The minimum Gasteiger partial charge on any atom is -0.469 e. The van der Waals surface area contributed by atoms with Crippen molar-refractivity contribution in [1.82, 2.24) is 10.2 Å². The van der Waals surface area contributed by atoms with Gasteiger partial charge in [0.25, 0.3) is 0 Å². The zero-order valence-electron chi connectivity index (χ0n) is 15.8. The molecular weight excluding hydrogens is 314 g/mol. The Kier molecular flexibility index (Phi) is 4.67. The van der Waals surface area contributed by atoms with Crippen molar-refractivity contribution in [3.8, 4) is 0 Å². The van der Waals surface area contributed by atoms with E-state index in [9.17, 15) is 4.79 Å². The second-order valence-corrected chi connectivity index (χ2v) is 9.10. The number of aliphatic imine (C=N–C) groups is 1. The summed E-state index contributed by atoms with van der Waals surface area (Å²) in [6.45, 7) is 2.86. The minimum atomic E-state index is -0.0591. The van der Waals surface area contributed by atoms with E-state index in [2.05, 4.69) is 15.2 Å². The van der Waals surface area contributed by atoms with Crippen LogP contribution < -0.4 is 5.32 Å². The number of esters is 1. The van der Waals surface area contributed by atoms with Crippen LogP contribution in [-0.4, -0.2) is 50.6 Å². The van der Waals surface area contributed by atoms with Gasteiger partial charge >= 0.3 is 5.97 Å². The molecule has 0 unspecified atom stereocenters. The molecule has 5 fully saturated rings. The first kappa shape index (κ1) is 17.2. The molecule has 0 amide bonds. The first-order valence-electron chi connectivity index (χ1n) is 10.1. The van der Waals surface area contributed by atoms with Crippen molar-refractivity contribution in [1.29, 1.82) is 0 Å². The van der Waals surface area contributed by atoms with Gasteiger partial charge in [0, 0.05) is 26.7 Å². The molecule has 4 aliphatic carbocycles. The molecule has 0 spiro atoms. The number of rotatable bonds is 3. The highest BCUT2D eigenvalue weighted by Crippen LogP contribution is 2.59. The molecule has 0 atom stereocenters. The quantitative estimate of drug-likeness (QED) is 0.484. The zero-order chi connectivity index (χ0) is 17.4. The van der Waals surface area contributed by atoms with Crippen molar-refractivity contribution >= 4 is 11.9 Å². The van der Waals surface area contributed by atoms with Gasteiger partial charge in [0.15, 0.2) is 5.96 Å². The van der Waals surface area contributed by atoms with E-state index in [0.717, 1.165) is 56.2 Å². The zero-order valence-corrected chi connectivity index (χ0v) is 15.8. The van der Waals surface area contributed by atoms with E-state index in [1.54, 1.807) is 0 Å². The van der Waals surface area contributed by atoms with Gasteiger partial charge in [-0.2, -0.15) is 0 Å². The van der Waals surface area contributed by atoms with Crippen molar-refractivity contribution in [2.75, 3.05) is 33.8 Å². The van der Waals surface area contributed by atoms with Crippen LogP contribution in [0.3, 0.4) is 0 Å². The number of carbonyl (C=O) groups excluding carboxylic acids is 1. The molecule has 1 saturated heterocycles. The Labute approximate surface area is 151 Å². The third-order valence-electron chi connectivity index (χ3n) is 7.33. The van der Waals surface area contributed by atoms with Crippen molar-refractivity contribution in [2.45, 2.75) is 51.4 Å². The van der Waals surface area contributed by atoms with Gasteiger partial charge in [0.2, 0.25) is 0 Å². The molecule has 0 radical (unpaired) electrons. The first-order chi connectivity index (χ1) is 12.1. The number of nitrogens with zero attached hydrogens (tertiary/aromatic N) is 2. The molecule has 1 heterocycles. The Morgan fingerprint density at radius 2 is 1.68 bits per heavy atom. The number of guanidine groups is 1. The fraction of sp³-hybridized carbons (Fsp3) is 0.900. The molecule has 0 aromatic carbocycles. The fourth-order valence-electron chi connectivity index (χ4n) is 6.60. The summed E-state index contributed by atoms with van der Waals surface area (Å²) in [6, 6.07) is 0. The van der Waals surface area contributed by atoms with Crippen LogP contribution in [0.1, 0.15) is 51.4 Å².